The highest BCUT2D eigenvalue weighted by atomic mass is 16.5. The monoisotopic (exact) mass is 145 g/mol. The first-order valence-corrected chi connectivity index (χ1v) is 3.45. The van der Waals surface area contributed by atoms with Crippen LogP contribution in [0.25, 0.3) is 0 Å². The Morgan fingerprint density at radius 3 is 2.40 bits per heavy atom. The van der Waals surface area contributed by atoms with Crippen molar-refractivity contribution in [1.82, 2.24) is 5.48 Å². The maximum atomic E-state index is 11.1. The van der Waals surface area contributed by atoms with E-state index in [0.29, 0.717) is 13.0 Å². The van der Waals surface area contributed by atoms with Gasteiger partial charge in [-0.15, -0.1) is 0 Å². The molecule has 0 bridgehead atoms. The van der Waals surface area contributed by atoms with Crippen molar-refractivity contribution in [3.05, 3.63) is 0 Å². The molecule has 0 amide bonds. The Kier molecular flexibility index (Phi) is 3.53. The molecular formula is C7H15NO2. The zero-order valence-electron chi connectivity index (χ0n) is 6.77. The van der Waals surface area contributed by atoms with Gasteiger partial charge in [0.25, 0.3) is 0 Å². The van der Waals surface area contributed by atoms with Crippen molar-refractivity contribution >= 4 is 5.78 Å². The van der Waals surface area contributed by atoms with Crippen LogP contribution in [0.2, 0.25) is 0 Å². The minimum Gasteiger partial charge on any atom is -0.317 e. The fraction of sp³-hybridized carbons (Fsp3) is 0.857. The molecule has 3 nitrogen and oxygen atoms in total. The molecule has 0 fully saturated rings. The van der Waals surface area contributed by atoms with Gasteiger partial charge in [0.15, 0.2) is 0 Å². The molecule has 0 spiro atoms. The lowest BCUT2D eigenvalue weighted by Crippen LogP contribution is -2.34. The summed E-state index contributed by atoms with van der Waals surface area (Å²) in [5.41, 5.74) is 1.56. The number of rotatable bonds is 4. The zero-order chi connectivity index (χ0) is 8.20. The average molecular weight is 145 g/mol. The summed E-state index contributed by atoms with van der Waals surface area (Å²) in [6, 6.07) is 0. The van der Waals surface area contributed by atoms with Gasteiger partial charge in [-0.25, -0.2) is 5.48 Å². The molecule has 0 aromatic heterocycles. The van der Waals surface area contributed by atoms with Crippen molar-refractivity contribution in [3.8, 4) is 0 Å². The first-order valence-electron chi connectivity index (χ1n) is 3.45. The summed E-state index contributed by atoms with van der Waals surface area (Å²) < 4.78 is 0. The number of hydrogen-bond donors (Lipinski definition) is 2. The van der Waals surface area contributed by atoms with Gasteiger partial charge in [0.2, 0.25) is 0 Å². The van der Waals surface area contributed by atoms with E-state index in [1.165, 1.54) is 0 Å². The third-order valence-corrected chi connectivity index (χ3v) is 1.60. The predicted molar refractivity (Wildman–Crippen MR) is 38.9 cm³/mol. The van der Waals surface area contributed by atoms with Crippen LogP contribution in [-0.2, 0) is 4.79 Å². The Balaban J connectivity index is 3.96. The summed E-state index contributed by atoms with van der Waals surface area (Å²) in [6.07, 6.45) is 0.522. The Morgan fingerprint density at radius 1 is 1.60 bits per heavy atom. The van der Waals surface area contributed by atoms with Gasteiger partial charge in [0, 0.05) is 18.4 Å². The van der Waals surface area contributed by atoms with Crippen molar-refractivity contribution in [2.45, 2.75) is 27.2 Å². The lowest BCUT2D eigenvalue weighted by molar-refractivity contribution is -0.127. The molecule has 0 heterocycles. The van der Waals surface area contributed by atoms with E-state index in [-0.39, 0.29) is 5.78 Å². The molecule has 0 rings (SSSR count). The van der Waals surface area contributed by atoms with Gasteiger partial charge in [0.05, 0.1) is 0 Å². The van der Waals surface area contributed by atoms with Crippen LogP contribution in [0.15, 0.2) is 0 Å². The van der Waals surface area contributed by atoms with Crippen LogP contribution < -0.4 is 5.48 Å². The van der Waals surface area contributed by atoms with E-state index in [9.17, 15) is 4.79 Å². The van der Waals surface area contributed by atoms with Crippen LogP contribution in [0, 0.1) is 5.41 Å². The molecule has 0 aromatic carbocycles. The quantitative estimate of drug-likeness (QED) is 0.579. The van der Waals surface area contributed by atoms with Gasteiger partial charge in [-0.3, -0.25) is 4.79 Å². The highest BCUT2D eigenvalue weighted by Gasteiger charge is 2.24. The van der Waals surface area contributed by atoms with E-state index in [4.69, 9.17) is 5.21 Å². The third kappa shape index (κ3) is 2.45. The van der Waals surface area contributed by atoms with Crippen molar-refractivity contribution in [2.24, 2.45) is 5.41 Å². The maximum Gasteiger partial charge on any atom is 0.139 e. The normalized spacial score (nSPS) is 11.6. The van der Waals surface area contributed by atoms with Crippen LogP contribution in [0.3, 0.4) is 0 Å². The Morgan fingerprint density at radius 2 is 2.10 bits per heavy atom. The third-order valence-electron chi connectivity index (χ3n) is 1.60. The summed E-state index contributed by atoms with van der Waals surface area (Å²) >= 11 is 0. The molecule has 0 aliphatic rings. The average Bonchev–Trinajstić information content (AvgIpc) is 1.86. The van der Waals surface area contributed by atoms with Crippen molar-refractivity contribution < 1.29 is 10.0 Å². The molecule has 10 heavy (non-hydrogen) atoms. The van der Waals surface area contributed by atoms with Gasteiger partial charge in [-0.1, -0.05) is 20.8 Å². The SMILES string of the molecule is CCC(=O)C(C)(C)CNO. The number of carbonyl (C=O) groups excluding carboxylic acids is 1. The molecule has 0 aliphatic heterocycles. The smallest absolute Gasteiger partial charge is 0.139 e. The van der Waals surface area contributed by atoms with Crippen LogP contribution in [0.1, 0.15) is 27.2 Å². The summed E-state index contributed by atoms with van der Waals surface area (Å²) in [5, 5.41) is 8.34. The molecule has 2 N–H and O–H groups in total. The molecule has 0 saturated carbocycles. The van der Waals surface area contributed by atoms with Gasteiger partial charge in [-0.2, -0.15) is 0 Å². The topological polar surface area (TPSA) is 49.3 Å². The van der Waals surface area contributed by atoms with Gasteiger partial charge >= 0.3 is 0 Å². The van der Waals surface area contributed by atoms with Crippen molar-refractivity contribution in [2.75, 3.05) is 6.54 Å². The van der Waals surface area contributed by atoms with Crippen LogP contribution in [0.5, 0.6) is 0 Å². The van der Waals surface area contributed by atoms with Crippen molar-refractivity contribution in [3.63, 3.8) is 0 Å². The second kappa shape index (κ2) is 3.68. The lowest BCUT2D eigenvalue weighted by atomic mass is 9.87. The standard InChI is InChI=1S/C7H15NO2/c1-4-6(9)7(2,3)5-8-10/h8,10H,4-5H2,1-3H3. The number of hydrogen-bond acceptors (Lipinski definition) is 3. The fourth-order valence-corrected chi connectivity index (χ4v) is 0.775. The lowest BCUT2D eigenvalue weighted by Gasteiger charge is -2.20. The van der Waals surface area contributed by atoms with Crippen molar-refractivity contribution in [1.29, 1.82) is 0 Å². The highest BCUT2D eigenvalue weighted by Crippen LogP contribution is 2.16. The zero-order valence-corrected chi connectivity index (χ0v) is 6.77. The second-order valence-electron chi connectivity index (χ2n) is 3.00. The van der Waals surface area contributed by atoms with E-state index in [0.717, 1.165) is 0 Å². The number of Topliss-reactive ketones (excluding diaryl/α,β-unsaturated/α-hetero) is 1. The van der Waals surface area contributed by atoms with Gasteiger partial charge < -0.3 is 5.21 Å². The summed E-state index contributed by atoms with van der Waals surface area (Å²) in [7, 11) is 0. The predicted octanol–water partition coefficient (Wildman–Crippen LogP) is 0.970. The van der Waals surface area contributed by atoms with Gasteiger partial charge in [0.1, 0.15) is 5.78 Å². The first kappa shape index (κ1) is 9.59. The fourth-order valence-electron chi connectivity index (χ4n) is 0.775. The van der Waals surface area contributed by atoms with E-state index in [1.54, 1.807) is 0 Å². The molecule has 0 aromatic rings. The summed E-state index contributed by atoms with van der Waals surface area (Å²) in [4.78, 5) is 11.1. The minimum absolute atomic E-state index is 0.161. The number of nitrogens with one attached hydrogen (secondary N) is 1. The summed E-state index contributed by atoms with van der Waals surface area (Å²) in [5.74, 6) is 0.161. The second-order valence-corrected chi connectivity index (χ2v) is 3.00. The molecule has 0 saturated heterocycles. The number of ketones is 1. The Labute approximate surface area is 61.4 Å². The largest absolute Gasteiger partial charge is 0.317 e. The molecule has 0 unspecified atom stereocenters. The minimum atomic E-state index is -0.441. The van der Waals surface area contributed by atoms with E-state index >= 15 is 0 Å². The molecular weight excluding hydrogens is 130 g/mol. The highest BCUT2D eigenvalue weighted by molar-refractivity contribution is 5.83. The molecule has 0 radical (unpaired) electrons. The van der Waals surface area contributed by atoms with Gasteiger partial charge in [-0.05, 0) is 0 Å². The van der Waals surface area contributed by atoms with E-state index in [1.807, 2.05) is 26.3 Å². The summed E-state index contributed by atoms with van der Waals surface area (Å²) in [6.45, 7) is 5.76. The van der Waals surface area contributed by atoms with Crippen LogP contribution >= 0.6 is 0 Å². The first-order chi connectivity index (χ1) is 4.54. The Bertz CT molecular complexity index is 121. The molecule has 60 valence electrons. The molecule has 3 heteroatoms. The van der Waals surface area contributed by atoms with Crippen LogP contribution in [-0.4, -0.2) is 17.5 Å². The van der Waals surface area contributed by atoms with E-state index in [2.05, 4.69) is 0 Å². The Hall–Kier alpha value is -0.410. The molecule has 0 atom stereocenters. The number of carbonyl (C=O) groups is 1. The maximum absolute atomic E-state index is 11.1. The van der Waals surface area contributed by atoms with Crippen LogP contribution in [0.4, 0.5) is 0 Å². The van der Waals surface area contributed by atoms with E-state index < -0.39 is 5.41 Å². The molecule has 0 aliphatic carbocycles. The number of hydroxylamine groups is 1.